The van der Waals surface area contributed by atoms with E-state index in [-0.39, 0.29) is 11.4 Å². The number of amides is 2. The Morgan fingerprint density at radius 3 is 2.34 bits per heavy atom. The molecule has 0 saturated heterocycles. The van der Waals surface area contributed by atoms with E-state index in [1.54, 1.807) is 22.9 Å². The van der Waals surface area contributed by atoms with Crippen LogP contribution in [0.5, 0.6) is 11.8 Å². The first-order valence-electron chi connectivity index (χ1n) is 12.8. The van der Waals surface area contributed by atoms with Crippen molar-refractivity contribution in [1.29, 1.82) is 0 Å². The van der Waals surface area contributed by atoms with Gasteiger partial charge in [0.05, 0.1) is 34.5 Å². The predicted octanol–water partition coefficient (Wildman–Crippen LogP) is 7.00. The highest BCUT2D eigenvalue weighted by Crippen LogP contribution is 2.30. The van der Waals surface area contributed by atoms with Gasteiger partial charge in [-0.15, -0.1) is 0 Å². The Hall–Kier alpha value is -4.96. The van der Waals surface area contributed by atoms with Gasteiger partial charge in [-0.05, 0) is 42.3 Å². The lowest BCUT2D eigenvalue weighted by molar-refractivity contribution is 0.262. The second kappa shape index (κ2) is 11.3. The van der Waals surface area contributed by atoms with Crippen LogP contribution in [0.3, 0.4) is 0 Å². The van der Waals surface area contributed by atoms with E-state index in [4.69, 9.17) is 27.2 Å². The molecule has 0 saturated carbocycles. The fourth-order valence-corrected chi connectivity index (χ4v) is 4.18. The van der Waals surface area contributed by atoms with Gasteiger partial charge in [0.2, 0.25) is 0 Å². The van der Waals surface area contributed by atoms with Crippen LogP contribution in [-0.4, -0.2) is 30.8 Å². The third-order valence-electron chi connectivity index (χ3n) is 6.21. The third-order valence-corrected chi connectivity index (χ3v) is 6.42. The van der Waals surface area contributed by atoms with Crippen molar-refractivity contribution in [3.63, 3.8) is 0 Å². The standard InChI is InChI=1S/C30H29ClN8O2/c1-18-7-5-6-8-24(18)39-26(14-25(38-39)30(2,3)4)37-28(40)36-21-16-34-29(35-17-21)41-22-11-9-19(10-12-22)23-13-20(31)15-33-27(23)32/h5-17H,1-4H3,(H2,32,33)(H2,36,37,40). The van der Waals surface area contributed by atoms with E-state index < -0.39 is 6.03 Å². The van der Waals surface area contributed by atoms with Gasteiger partial charge < -0.3 is 15.8 Å². The summed E-state index contributed by atoms with van der Waals surface area (Å²) in [5, 5.41) is 10.9. The molecule has 10 nitrogen and oxygen atoms in total. The highest BCUT2D eigenvalue weighted by atomic mass is 35.5. The molecule has 41 heavy (non-hydrogen) atoms. The number of carbonyl (C=O) groups excluding carboxylic acids is 1. The number of pyridine rings is 1. The summed E-state index contributed by atoms with van der Waals surface area (Å²) < 4.78 is 7.50. The fraction of sp³-hybridized carbons (Fsp3) is 0.167. The van der Waals surface area contributed by atoms with Crippen LogP contribution >= 0.6 is 11.6 Å². The molecule has 2 aromatic carbocycles. The van der Waals surface area contributed by atoms with Crippen molar-refractivity contribution in [2.45, 2.75) is 33.1 Å². The average molecular weight is 569 g/mol. The second-order valence-electron chi connectivity index (χ2n) is 10.4. The summed E-state index contributed by atoms with van der Waals surface area (Å²) in [4.78, 5) is 25.4. The average Bonchev–Trinajstić information content (AvgIpc) is 3.36. The third kappa shape index (κ3) is 6.44. The van der Waals surface area contributed by atoms with Crippen LogP contribution in [0.1, 0.15) is 32.0 Å². The number of anilines is 3. The first-order valence-corrected chi connectivity index (χ1v) is 13.2. The Kier molecular flexibility index (Phi) is 7.58. The summed E-state index contributed by atoms with van der Waals surface area (Å²) >= 11 is 6.05. The van der Waals surface area contributed by atoms with Gasteiger partial charge in [0.25, 0.3) is 0 Å². The minimum Gasteiger partial charge on any atom is -0.424 e. The molecule has 11 heteroatoms. The molecule has 208 valence electrons. The number of nitrogen functional groups attached to an aromatic ring is 1. The molecule has 3 aromatic heterocycles. The van der Waals surface area contributed by atoms with Crippen LogP contribution in [0.4, 0.5) is 22.1 Å². The maximum atomic E-state index is 12.9. The maximum absolute atomic E-state index is 12.9. The van der Waals surface area contributed by atoms with E-state index in [1.807, 2.05) is 49.4 Å². The van der Waals surface area contributed by atoms with Gasteiger partial charge in [-0.1, -0.05) is 62.7 Å². The van der Waals surface area contributed by atoms with Crippen LogP contribution in [-0.2, 0) is 5.41 Å². The predicted molar refractivity (Wildman–Crippen MR) is 161 cm³/mol. The highest BCUT2D eigenvalue weighted by Gasteiger charge is 2.22. The number of rotatable bonds is 6. The lowest BCUT2D eigenvalue weighted by Gasteiger charge is -2.14. The van der Waals surface area contributed by atoms with E-state index in [0.29, 0.717) is 28.1 Å². The zero-order valence-electron chi connectivity index (χ0n) is 23.0. The molecule has 0 radical (unpaired) electrons. The Morgan fingerprint density at radius 2 is 1.66 bits per heavy atom. The van der Waals surface area contributed by atoms with Gasteiger partial charge in [-0.25, -0.2) is 24.4 Å². The first kappa shape index (κ1) is 27.6. The Labute approximate surface area is 242 Å². The Morgan fingerprint density at radius 1 is 0.951 bits per heavy atom. The summed E-state index contributed by atoms with van der Waals surface area (Å²) in [6.07, 6.45) is 4.43. The summed E-state index contributed by atoms with van der Waals surface area (Å²) in [5.41, 5.74) is 10.5. The monoisotopic (exact) mass is 568 g/mol. The molecule has 0 unspecified atom stereocenters. The number of aryl methyl sites for hydroxylation is 1. The van der Waals surface area contributed by atoms with Crippen LogP contribution in [0.2, 0.25) is 5.02 Å². The largest absolute Gasteiger partial charge is 0.424 e. The molecule has 0 fully saturated rings. The molecule has 0 atom stereocenters. The van der Waals surface area contributed by atoms with E-state index in [2.05, 4.69) is 46.4 Å². The molecular formula is C30H29ClN8O2. The van der Waals surface area contributed by atoms with E-state index in [9.17, 15) is 4.79 Å². The number of nitrogens with zero attached hydrogens (tertiary/aromatic N) is 5. The zero-order valence-corrected chi connectivity index (χ0v) is 23.8. The number of nitrogens with two attached hydrogens (primary N) is 1. The number of halogens is 1. The summed E-state index contributed by atoms with van der Waals surface area (Å²) in [6.45, 7) is 8.22. The van der Waals surface area contributed by atoms with Gasteiger partial charge in [-0.2, -0.15) is 5.10 Å². The molecule has 0 bridgehead atoms. The maximum Gasteiger partial charge on any atom is 0.324 e. The number of carbonyl (C=O) groups is 1. The van der Waals surface area contributed by atoms with Crippen molar-refractivity contribution in [2.75, 3.05) is 16.4 Å². The number of hydrogen-bond acceptors (Lipinski definition) is 7. The quantitative estimate of drug-likeness (QED) is 0.201. The van der Waals surface area contributed by atoms with E-state index >= 15 is 0 Å². The number of ether oxygens (including phenoxy) is 1. The number of aromatic nitrogens is 5. The van der Waals surface area contributed by atoms with Crippen molar-refractivity contribution >= 4 is 35.0 Å². The van der Waals surface area contributed by atoms with Crippen molar-refractivity contribution in [2.24, 2.45) is 0 Å². The summed E-state index contributed by atoms with van der Waals surface area (Å²) in [5.74, 6) is 1.45. The molecule has 4 N–H and O–H groups in total. The van der Waals surface area contributed by atoms with Crippen LogP contribution in [0.15, 0.2) is 79.3 Å². The van der Waals surface area contributed by atoms with Gasteiger partial charge in [-0.3, -0.25) is 5.32 Å². The number of para-hydroxylation sites is 1. The Balaban J connectivity index is 1.25. The zero-order chi connectivity index (χ0) is 29.1. The summed E-state index contributed by atoms with van der Waals surface area (Å²) in [6, 6.07) is 18.4. The van der Waals surface area contributed by atoms with Crippen LogP contribution < -0.4 is 21.1 Å². The van der Waals surface area contributed by atoms with Gasteiger partial charge in [0.1, 0.15) is 17.4 Å². The molecule has 0 aliphatic heterocycles. The Bertz CT molecular complexity index is 1690. The normalized spacial score (nSPS) is 11.2. The van der Waals surface area contributed by atoms with Crippen LogP contribution in [0.25, 0.3) is 16.8 Å². The number of nitrogens with one attached hydrogen (secondary N) is 2. The molecule has 0 aliphatic carbocycles. The number of benzene rings is 2. The van der Waals surface area contributed by atoms with Crippen LogP contribution in [0, 0.1) is 6.92 Å². The van der Waals surface area contributed by atoms with Crippen molar-refractivity contribution in [1.82, 2.24) is 24.7 Å². The fourth-order valence-electron chi connectivity index (χ4n) is 4.02. The minimum absolute atomic E-state index is 0.125. The number of hydrogen-bond donors (Lipinski definition) is 3. The summed E-state index contributed by atoms with van der Waals surface area (Å²) in [7, 11) is 0. The van der Waals surface area contributed by atoms with Crippen molar-refractivity contribution < 1.29 is 9.53 Å². The van der Waals surface area contributed by atoms with Gasteiger partial charge in [0.15, 0.2) is 0 Å². The number of urea groups is 1. The minimum atomic E-state index is -0.456. The van der Waals surface area contributed by atoms with Crippen molar-refractivity contribution in [3.8, 4) is 28.6 Å². The van der Waals surface area contributed by atoms with E-state index in [1.165, 1.54) is 18.6 Å². The SMILES string of the molecule is Cc1ccccc1-n1nc(C(C)(C)C)cc1NC(=O)Nc1cnc(Oc2ccc(-c3cc(Cl)cnc3N)cc2)nc1. The molecule has 2 amide bonds. The first-order chi connectivity index (χ1) is 19.6. The molecule has 0 aliphatic rings. The molecule has 3 heterocycles. The van der Waals surface area contributed by atoms with E-state index in [0.717, 1.165) is 28.1 Å². The molecule has 0 spiro atoms. The molecule has 5 aromatic rings. The lowest BCUT2D eigenvalue weighted by Crippen LogP contribution is -2.21. The second-order valence-corrected chi connectivity index (χ2v) is 10.8. The lowest BCUT2D eigenvalue weighted by atomic mass is 9.92. The molecular weight excluding hydrogens is 540 g/mol. The van der Waals surface area contributed by atoms with Gasteiger partial charge in [0, 0.05) is 23.2 Å². The highest BCUT2D eigenvalue weighted by molar-refractivity contribution is 6.30. The van der Waals surface area contributed by atoms with Gasteiger partial charge >= 0.3 is 12.0 Å². The smallest absolute Gasteiger partial charge is 0.324 e. The topological polar surface area (TPSA) is 133 Å². The molecule has 5 rings (SSSR count). The van der Waals surface area contributed by atoms with Crippen molar-refractivity contribution in [3.05, 3.63) is 95.5 Å².